The third-order valence-corrected chi connectivity index (χ3v) is 3.12. The van der Waals surface area contributed by atoms with Crippen molar-refractivity contribution in [1.29, 1.82) is 0 Å². The van der Waals surface area contributed by atoms with Crippen LogP contribution in [0, 0.1) is 6.92 Å². The highest BCUT2D eigenvalue weighted by Crippen LogP contribution is 2.19. The largest absolute Gasteiger partial charge is 0.370 e. The van der Waals surface area contributed by atoms with Crippen LogP contribution in [0.25, 0.3) is 0 Å². The molecular weight excluding hydrogens is 246 g/mol. The average molecular weight is 261 g/mol. The molecule has 0 aliphatic carbocycles. The second-order valence-electron chi connectivity index (χ2n) is 3.89. The summed E-state index contributed by atoms with van der Waals surface area (Å²) in [6.07, 6.45) is 0. The summed E-state index contributed by atoms with van der Waals surface area (Å²) in [5.74, 6) is 0.665. The van der Waals surface area contributed by atoms with E-state index in [2.05, 4.69) is 15.6 Å². The fourth-order valence-corrected chi connectivity index (χ4v) is 2.21. The number of nitrogens with one attached hydrogen (secondary N) is 2. The Labute approximate surface area is 110 Å². The molecule has 5 heteroatoms. The fourth-order valence-electron chi connectivity index (χ4n) is 1.55. The van der Waals surface area contributed by atoms with Gasteiger partial charge in [0.25, 0.3) is 5.91 Å². The van der Waals surface area contributed by atoms with E-state index in [4.69, 9.17) is 0 Å². The smallest absolute Gasteiger partial charge is 0.257 e. The summed E-state index contributed by atoms with van der Waals surface area (Å²) in [6.45, 7) is 4.78. The third kappa shape index (κ3) is 3.07. The van der Waals surface area contributed by atoms with Crippen LogP contribution in [0.1, 0.15) is 22.8 Å². The molecule has 4 nitrogen and oxygen atoms in total. The van der Waals surface area contributed by atoms with Gasteiger partial charge in [-0.3, -0.25) is 10.1 Å². The van der Waals surface area contributed by atoms with E-state index in [0.717, 1.165) is 17.9 Å². The Morgan fingerprint density at radius 2 is 2.28 bits per heavy atom. The maximum Gasteiger partial charge on any atom is 0.257 e. The molecule has 0 bridgehead atoms. The van der Waals surface area contributed by atoms with Gasteiger partial charge < -0.3 is 5.32 Å². The average Bonchev–Trinajstić information content (AvgIpc) is 2.77. The first-order valence-corrected chi connectivity index (χ1v) is 6.64. The molecule has 1 aromatic heterocycles. The minimum absolute atomic E-state index is 0.129. The Balaban J connectivity index is 2.06. The van der Waals surface area contributed by atoms with Gasteiger partial charge in [0.15, 0.2) is 5.13 Å². The molecule has 0 aliphatic heterocycles. The van der Waals surface area contributed by atoms with Gasteiger partial charge in [0.1, 0.15) is 5.82 Å². The third-order valence-electron chi connectivity index (χ3n) is 2.36. The van der Waals surface area contributed by atoms with Crippen molar-refractivity contribution < 1.29 is 4.79 Å². The summed E-state index contributed by atoms with van der Waals surface area (Å²) < 4.78 is 0. The maximum atomic E-state index is 12.0. The van der Waals surface area contributed by atoms with E-state index in [1.54, 1.807) is 6.07 Å². The fraction of sp³-hybridized carbons (Fsp3) is 0.231. The molecule has 0 atom stereocenters. The lowest BCUT2D eigenvalue weighted by molar-refractivity contribution is 0.102. The first-order valence-electron chi connectivity index (χ1n) is 5.76. The Bertz CT molecular complexity index is 551. The minimum atomic E-state index is -0.129. The summed E-state index contributed by atoms with van der Waals surface area (Å²) >= 11 is 1.41. The highest BCUT2D eigenvalue weighted by molar-refractivity contribution is 7.14. The summed E-state index contributed by atoms with van der Waals surface area (Å²) in [5, 5.41) is 8.38. The topological polar surface area (TPSA) is 54.0 Å². The number of carbonyl (C=O) groups excluding carboxylic acids is 1. The van der Waals surface area contributed by atoms with Crippen LogP contribution in [-0.2, 0) is 0 Å². The van der Waals surface area contributed by atoms with Crippen molar-refractivity contribution in [2.45, 2.75) is 13.8 Å². The molecule has 0 saturated heterocycles. The summed E-state index contributed by atoms with van der Waals surface area (Å²) in [7, 11) is 0. The highest BCUT2D eigenvalue weighted by Gasteiger charge is 2.08. The molecule has 0 spiro atoms. The van der Waals surface area contributed by atoms with Crippen LogP contribution in [-0.4, -0.2) is 17.4 Å². The van der Waals surface area contributed by atoms with Crippen LogP contribution < -0.4 is 10.6 Å². The van der Waals surface area contributed by atoms with Crippen molar-refractivity contribution >= 4 is 28.2 Å². The van der Waals surface area contributed by atoms with E-state index in [1.807, 2.05) is 37.4 Å². The molecule has 2 N–H and O–H groups in total. The first kappa shape index (κ1) is 12.6. The molecule has 2 aromatic rings. The number of nitrogens with zero attached hydrogens (tertiary/aromatic N) is 1. The molecule has 0 radical (unpaired) electrons. The molecular formula is C13H15N3OS. The Morgan fingerprint density at radius 3 is 3.00 bits per heavy atom. The maximum absolute atomic E-state index is 12.0. The Morgan fingerprint density at radius 1 is 1.44 bits per heavy atom. The number of aromatic nitrogens is 1. The number of amides is 1. The second kappa shape index (κ2) is 5.64. The number of anilines is 2. The predicted molar refractivity (Wildman–Crippen MR) is 75.4 cm³/mol. The number of benzene rings is 1. The number of thiazole rings is 1. The van der Waals surface area contributed by atoms with Gasteiger partial charge in [0.2, 0.25) is 0 Å². The van der Waals surface area contributed by atoms with Crippen LogP contribution in [0.4, 0.5) is 10.9 Å². The van der Waals surface area contributed by atoms with Gasteiger partial charge in [-0.25, -0.2) is 4.98 Å². The zero-order valence-corrected chi connectivity index (χ0v) is 11.2. The lowest BCUT2D eigenvalue weighted by Crippen LogP contribution is -2.11. The van der Waals surface area contributed by atoms with Crippen molar-refractivity contribution in [2.75, 3.05) is 17.2 Å². The van der Waals surface area contributed by atoms with Gasteiger partial charge in [-0.15, -0.1) is 11.3 Å². The summed E-state index contributed by atoms with van der Waals surface area (Å²) in [5.41, 5.74) is 1.71. The molecule has 1 aromatic carbocycles. The zero-order valence-electron chi connectivity index (χ0n) is 10.4. The molecule has 1 amide bonds. The van der Waals surface area contributed by atoms with Crippen LogP contribution in [0.3, 0.4) is 0 Å². The first-order chi connectivity index (χ1) is 8.69. The highest BCUT2D eigenvalue weighted by atomic mass is 32.1. The zero-order chi connectivity index (χ0) is 13.0. The van der Waals surface area contributed by atoms with Gasteiger partial charge >= 0.3 is 0 Å². The molecule has 2 rings (SSSR count). The van der Waals surface area contributed by atoms with Crippen molar-refractivity contribution in [3.8, 4) is 0 Å². The van der Waals surface area contributed by atoms with E-state index < -0.39 is 0 Å². The van der Waals surface area contributed by atoms with E-state index in [1.165, 1.54) is 11.3 Å². The number of hydrogen-bond acceptors (Lipinski definition) is 4. The predicted octanol–water partition coefficient (Wildman–Crippen LogP) is 3.14. The molecule has 94 valence electrons. The number of rotatable bonds is 4. The quantitative estimate of drug-likeness (QED) is 0.889. The summed E-state index contributed by atoms with van der Waals surface area (Å²) in [6, 6.07) is 7.48. The van der Waals surface area contributed by atoms with Gasteiger partial charge in [-0.2, -0.15) is 0 Å². The molecule has 0 fully saturated rings. The van der Waals surface area contributed by atoms with E-state index >= 15 is 0 Å². The molecule has 0 saturated carbocycles. The SMILES string of the molecule is CCNc1csc(NC(=O)c2cccc(C)c2)n1. The summed E-state index contributed by atoms with van der Waals surface area (Å²) in [4.78, 5) is 16.2. The van der Waals surface area contributed by atoms with Crippen molar-refractivity contribution in [3.05, 3.63) is 40.8 Å². The van der Waals surface area contributed by atoms with Crippen LogP contribution in [0.2, 0.25) is 0 Å². The van der Waals surface area contributed by atoms with Crippen molar-refractivity contribution in [1.82, 2.24) is 4.98 Å². The van der Waals surface area contributed by atoms with Crippen LogP contribution >= 0.6 is 11.3 Å². The molecule has 18 heavy (non-hydrogen) atoms. The molecule has 0 unspecified atom stereocenters. The normalized spacial score (nSPS) is 10.1. The number of hydrogen-bond donors (Lipinski definition) is 2. The lowest BCUT2D eigenvalue weighted by Gasteiger charge is -2.02. The number of carbonyl (C=O) groups is 1. The van der Waals surface area contributed by atoms with Gasteiger partial charge in [-0.05, 0) is 26.0 Å². The van der Waals surface area contributed by atoms with Crippen LogP contribution in [0.15, 0.2) is 29.6 Å². The Hall–Kier alpha value is -1.88. The van der Waals surface area contributed by atoms with Gasteiger partial charge in [-0.1, -0.05) is 17.7 Å². The second-order valence-corrected chi connectivity index (χ2v) is 4.75. The van der Waals surface area contributed by atoms with Gasteiger partial charge in [0.05, 0.1) is 0 Å². The van der Waals surface area contributed by atoms with E-state index in [-0.39, 0.29) is 5.91 Å². The number of aryl methyl sites for hydroxylation is 1. The monoisotopic (exact) mass is 261 g/mol. The molecule has 1 heterocycles. The van der Waals surface area contributed by atoms with Crippen molar-refractivity contribution in [2.24, 2.45) is 0 Å². The Kier molecular flexibility index (Phi) is 3.94. The van der Waals surface area contributed by atoms with Crippen molar-refractivity contribution in [3.63, 3.8) is 0 Å². The minimum Gasteiger partial charge on any atom is -0.370 e. The molecule has 0 aliphatic rings. The van der Waals surface area contributed by atoms with Crippen LogP contribution in [0.5, 0.6) is 0 Å². The van der Waals surface area contributed by atoms with E-state index in [9.17, 15) is 4.79 Å². The van der Waals surface area contributed by atoms with Gasteiger partial charge in [0, 0.05) is 17.5 Å². The lowest BCUT2D eigenvalue weighted by atomic mass is 10.1. The standard InChI is InChI=1S/C13H15N3OS/c1-3-14-11-8-18-13(15-11)16-12(17)10-6-4-5-9(2)7-10/h4-8,14H,3H2,1-2H3,(H,15,16,17). The van der Waals surface area contributed by atoms with E-state index in [0.29, 0.717) is 10.7 Å².